The lowest BCUT2D eigenvalue weighted by Gasteiger charge is -2.36. The van der Waals surface area contributed by atoms with E-state index in [1.165, 1.54) is 11.5 Å². The quantitative estimate of drug-likeness (QED) is 0.673. The monoisotopic (exact) mass is 197 g/mol. The molecule has 0 radical (unpaired) electrons. The predicted molar refractivity (Wildman–Crippen MR) is 49.7 cm³/mol. The van der Waals surface area contributed by atoms with E-state index >= 15 is 0 Å². The molecule has 2 rings (SSSR count). The van der Waals surface area contributed by atoms with Crippen LogP contribution in [-0.4, -0.2) is 33.3 Å². The molecule has 0 spiro atoms. The summed E-state index contributed by atoms with van der Waals surface area (Å²) < 4.78 is 3.98. The van der Waals surface area contributed by atoms with E-state index in [1.807, 2.05) is 4.90 Å². The van der Waals surface area contributed by atoms with Gasteiger partial charge in [-0.1, -0.05) is 6.92 Å². The highest BCUT2D eigenvalue weighted by Gasteiger charge is 2.29. The zero-order valence-corrected chi connectivity index (χ0v) is 8.47. The van der Waals surface area contributed by atoms with Crippen LogP contribution in [0.3, 0.4) is 0 Å². The Balaban J connectivity index is 2.06. The largest absolute Gasteiger partial charge is 0.336 e. The van der Waals surface area contributed by atoms with Gasteiger partial charge in [0.25, 0.3) is 5.91 Å². The third-order valence-corrected chi connectivity index (χ3v) is 2.86. The highest BCUT2D eigenvalue weighted by atomic mass is 32.1. The van der Waals surface area contributed by atoms with Crippen LogP contribution in [0, 0.1) is 12.8 Å². The fourth-order valence-corrected chi connectivity index (χ4v) is 2.02. The average molecular weight is 197 g/mol. The summed E-state index contributed by atoms with van der Waals surface area (Å²) in [7, 11) is 0. The van der Waals surface area contributed by atoms with Crippen LogP contribution in [0.5, 0.6) is 0 Å². The molecule has 5 heteroatoms. The number of aromatic nitrogens is 2. The smallest absolute Gasteiger partial charge is 0.284 e. The summed E-state index contributed by atoms with van der Waals surface area (Å²) in [5.41, 5.74) is 0. The van der Waals surface area contributed by atoms with Crippen LogP contribution in [0.1, 0.15) is 22.6 Å². The standard InChI is InChI=1S/C8H11N3OS/c1-5-3-11(4-5)8(12)7-9-6(2)10-13-7/h5H,3-4H2,1-2H3. The maximum atomic E-state index is 11.6. The molecule has 0 bridgehead atoms. The lowest BCUT2D eigenvalue weighted by Crippen LogP contribution is -2.48. The van der Waals surface area contributed by atoms with Crippen molar-refractivity contribution >= 4 is 17.4 Å². The number of hydrogen-bond acceptors (Lipinski definition) is 4. The number of nitrogens with zero attached hydrogens (tertiary/aromatic N) is 3. The molecule has 0 unspecified atom stereocenters. The topological polar surface area (TPSA) is 46.1 Å². The van der Waals surface area contributed by atoms with Gasteiger partial charge >= 0.3 is 0 Å². The van der Waals surface area contributed by atoms with Gasteiger partial charge in [-0.2, -0.15) is 4.37 Å². The Labute approximate surface area is 80.8 Å². The number of carbonyl (C=O) groups excluding carboxylic acids is 1. The molecule has 4 nitrogen and oxygen atoms in total. The fourth-order valence-electron chi connectivity index (χ4n) is 1.38. The molecule has 70 valence electrons. The summed E-state index contributed by atoms with van der Waals surface area (Å²) in [4.78, 5) is 17.5. The van der Waals surface area contributed by atoms with E-state index in [1.54, 1.807) is 6.92 Å². The van der Waals surface area contributed by atoms with Gasteiger partial charge in [0.1, 0.15) is 5.82 Å². The second-order valence-corrected chi connectivity index (χ2v) is 4.21. The summed E-state index contributed by atoms with van der Waals surface area (Å²) in [6.45, 7) is 5.65. The van der Waals surface area contributed by atoms with Crippen molar-refractivity contribution in [1.82, 2.24) is 14.3 Å². The minimum atomic E-state index is 0.0312. The van der Waals surface area contributed by atoms with Crippen LogP contribution in [0.15, 0.2) is 0 Å². The van der Waals surface area contributed by atoms with Gasteiger partial charge in [-0.25, -0.2) is 4.98 Å². The van der Waals surface area contributed by atoms with Crippen molar-refractivity contribution < 1.29 is 4.79 Å². The van der Waals surface area contributed by atoms with Gasteiger partial charge in [-0.15, -0.1) is 0 Å². The molecule has 0 aliphatic carbocycles. The van der Waals surface area contributed by atoms with Crippen molar-refractivity contribution in [2.24, 2.45) is 5.92 Å². The normalized spacial score (nSPS) is 17.2. The highest BCUT2D eigenvalue weighted by molar-refractivity contribution is 7.07. The molecule has 1 saturated heterocycles. The summed E-state index contributed by atoms with van der Waals surface area (Å²) in [5, 5.41) is 0.518. The average Bonchev–Trinajstić information content (AvgIpc) is 2.45. The van der Waals surface area contributed by atoms with Crippen LogP contribution in [-0.2, 0) is 0 Å². The number of aryl methyl sites for hydroxylation is 1. The van der Waals surface area contributed by atoms with Gasteiger partial charge in [0.2, 0.25) is 5.01 Å². The van der Waals surface area contributed by atoms with Crippen molar-refractivity contribution in [2.45, 2.75) is 13.8 Å². The SMILES string of the molecule is Cc1nsc(C(=O)N2CC(C)C2)n1. The second-order valence-electron chi connectivity index (χ2n) is 3.46. The first kappa shape index (κ1) is 8.62. The molecule has 1 aromatic rings. The van der Waals surface area contributed by atoms with Crippen LogP contribution in [0.2, 0.25) is 0 Å². The summed E-state index contributed by atoms with van der Waals surface area (Å²) in [6.07, 6.45) is 0. The molecular formula is C8H11N3OS. The van der Waals surface area contributed by atoms with Crippen molar-refractivity contribution in [2.75, 3.05) is 13.1 Å². The van der Waals surface area contributed by atoms with Gasteiger partial charge in [-0.05, 0) is 24.4 Å². The molecule has 1 aliphatic rings. The van der Waals surface area contributed by atoms with Crippen LogP contribution < -0.4 is 0 Å². The molecule has 1 amide bonds. The second kappa shape index (κ2) is 3.06. The lowest BCUT2D eigenvalue weighted by atomic mass is 10.0. The minimum Gasteiger partial charge on any atom is -0.336 e. The highest BCUT2D eigenvalue weighted by Crippen LogP contribution is 2.18. The maximum absolute atomic E-state index is 11.6. The Kier molecular flexibility index (Phi) is 2.03. The Bertz CT molecular complexity index is 330. The van der Waals surface area contributed by atoms with E-state index in [4.69, 9.17) is 0 Å². The Morgan fingerprint density at radius 1 is 1.62 bits per heavy atom. The van der Waals surface area contributed by atoms with Gasteiger partial charge in [0.05, 0.1) is 0 Å². The Morgan fingerprint density at radius 3 is 2.77 bits per heavy atom. The lowest BCUT2D eigenvalue weighted by molar-refractivity contribution is 0.0530. The summed E-state index contributed by atoms with van der Waals surface area (Å²) in [6, 6.07) is 0. The van der Waals surface area contributed by atoms with Crippen LogP contribution >= 0.6 is 11.5 Å². The van der Waals surface area contributed by atoms with Gasteiger partial charge in [-0.3, -0.25) is 4.79 Å². The molecule has 0 atom stereocenters. The molecule has 1 fully saturated rings. The number of rotatable bonds is 1. The number of amides is 1. The molecule has 0 N–H and O–H groups in total. The molecule has 1 aliphatic heterocycles. The van der Waals surface area contributed by atoms with E-state index in [0.717, 1.165) is 13.1 Å². The van der Waals surface area contributed by atoms with Crippen molar-refractivity contribution in [3.05, 3.63) is 10.8 Å². The fraction of sp³-hybridized carbons (Fsp3) is 0.625. The Hall–Kier alpha value is -0.970. The van der Waals surface area contributed by atoms with Gasteiger partial charge < -0.3 is 4.90 Å². The van der Waals surface area contributed by atoms with Crippen LogP contribution in [0.25, 0.3) is 0 Å². The van der Waals surface area contributed by atoms with E-state index in [-0.39, 0.29) is 5.91 Å². The third kappa shape index (κ3) is 1.56. The van der Waals surface area contributed by atoms with E-state index in [2.05, 4.69) is 16.3 Å². The van der Waals surface area contributed by atoms with Crippen molar-refractivity contribution in [3.63, 3.8) is 0 Å². The predicted octanol–water partition coefficient (Wildman–Crippen LogP) is 0.938. The van der Waals surface area contributed by atoms with Crippen molar-refractivity contribution in [3.8, 4) is 0 Å². The van der Waals surface area contributed by atoms with Gasteiger partial charge in [0.15, 0.2) is 0 Å². The van der Waals surface area contributed by atoms with E-state index in [0.29, 0.717) is 16.7 Å². The number of hydrogen-bond donors (Lipinski definition) is 0. The maximum Gasteiger partial charge on any atom is 0.284 e. The first-order valence-electron chi connectivity index (χ1n) is 4.26. The van der Waals surface area contributed by atoms with Crippen molar-refractivity contribution in [1.29, 1.82) is 0 Å². The van der Waals surface area contributed by atoms with E-state index in [9.17, 15) is 4.79 Å². The Morgan fingerprint density at radius 2 is 2.31 bits per heavy atom. The molecule has 1 aromatic heterocycles. The molecule has 13 heavy (non-hydrogen) atoms. The zero-order valence-electron chi connectivity index (χ0n) is 7.65. The summed E-state index contributed by atoms with van der Waals surface area (Å²) in [5.74, 6) is 1.35. The first-order chi connectivity index (χ1) is 6.16. The van der Waals surface area contributed by atoms with Crippen LogP contribution in [0.4, 0.5) is 0 Å². The zero-order chi connectivity index (χ0) is 9.42. The molecule has 0 aromatic carbocycles. The summed E-state index contributed by atoms with van der Waals surface area (Å²) >= 11 is 1.18. The number of carbonyl (C=O) groups is 1. The molecular weight excluding hydrogens is 186 g/mol. The van der Waals surface area contributed by atoms with E-state index < -0.39 is 0 Å². The first-order valence-corrected chi connectivity index (χ1v) is 5.03. The third-order valence-electron chi connectivity index (χ3n) is 2.06. The number of likely N-dealkylation sites (tertiary alicyclic amines) is 1. The minimum absolute atomic E-state index is 0.0312. The molecule has 0 saturated carbocycles. The van der Waals surface area contributed by atoms with Gasteiger partial charge in [0, 0.05) is 13.1 Å². The molecule has 2 heterocycles.